The smallest absolute Gasteiger partial charge is 0.239 e. The first-order valence-corrected chi connectivity index (χ1v) is 4.17. The second-order valence-corrected chi connectivity index (χ2v) is 2.75. The normalized spacial score (nSPS) is 12.7. The fraction of sp³-hybridized carbons (Fsp3) is 0.875. The van der Waals surface area contributed by atoms with Gasteiger partial charge in [0.15, 0.2) is 0 Å². The summed E-state index contributed by atoms with van der Waals surface area (Å²) < 4.78 is 5.10. The molecule has 1 amide bonds. The highest BCUT2D eigenvalue weighted by molar-refractivity contribution is 5.80. The molecule has 0 saturated carbocycles. The van der Waals surface area contributed by atoms with E-state index in [-0.39, 0.29) is 5.91 Å². The molecule has 0 aromatic heterocycles. The molecule has 0 aromatic carbocycles. The quantitative estimate of drug-likeness (QED) is 0.589. The molecule has 0 radical (unpaired) electrons. The Hall–Kier alpha value is -0.610. The van der Waals surface area contributed by atoms with Crippen molar-refractivity contribution in [1.82, 2.24) is 4.90 Å². The molecule has 0 rings (SSSR count). The van der Waals surface area contributed by atoms with E-state index in [2.05, 4.69) is 0 Å². The Kier molecular flexibility index (Phi) is 5.66. The first-order chi connectivity index (χ1) is 5.59. The van der Waals surface area contributed by atoms with Crippen LogP contribution in [0, 0.1) is 0 Å². The number of ether oxygens (including phenoxy) is 1. The van der Waals surface area contributed by atoms with Crippen molar-refractivity contribution < 1.29 is 9.53 Å². The fourth-order valence-electron chi connectivity index (χ4n) is 0.804. The average Bonchev–Trinajstić information content (AvgIpc) is 2.03. The zero-order chi connectivity index (χ0) is 9.56. The number of hydrogen-bond acceptors (Lipinski definition) is 3. The molecule has 0 fully saturated rings. The Morgan fingerprint density at radius 2 is 2.25 bits per heavy atom. The summed E-state index contributed by atoms with van der Waals surface area (Å²) in [5.74, 6) is -0.0466. The van der Waals surface area contributed by atoms with Gasteiger partial charge in [0.1, 0.15) is 0 Å². The van der Waals surface area contributed by atoms with E-state index in [4.69, 9.17) is 10.5 Å². The van der Waals surface area contributed by atoms with Crippen molar-refractivity contribution in [3.05, 3.63) is 0 Å². The molecule has 0 spiro atoms. The third-order valence-electron chi connectivity index (χ3n) is 1.54. The van der Waals surface area contributed by atoms with Gasteiger partial charge in [0.05, 0.1) is 12.6 Å². The highest BCUT2D eigenvalue weighted by atomic mass is 16.5. The molecule has 72 valence electrons. The summed E-state index contributed by atoms with van der Waals surface area (Å²) in [5.41, 5.74) is 5.41. The Bertz CT molecular complexity index is 137. The summed E-state index contributed by atoms with van der Waals surface area (Å²) in [5, 5.41) is 0. The summed E-state index contributed by atoms with van der Waals surface area (Å²) in [4.78, 5) is 12.8. The maximum Gasteiger partial charge on any atom is 0.239 e. The number of nitrogens with zero attached hydrogens (tertiary/aromatic N) is 1. The fourth-order valence-corrected chi connectivity index (χ4v) is 0.804. The van der Waals surface area contributed by atoms with Gasteiger partial charge in [-0.2, -0.15) is 0 Å². The van der Waals surface area contributed by atoms with E-state index >= 15 is 0 Å². The topological polar surface area (TPSA) is 55.6 Å². The Balaban J connectivity index is 3.57. The second-order valence-electron chi connectivity index (χ2n) is 2.75. The van der Waals surface area contributed by atoms with E-state index in [0.717, 1.165) is 0 Å². The molecule has 4 heteroatoms. The first-order valence-electron chi connectivity index (χ1n) is 4.17. The molecule has 0 saturated heterocycles. The van der Waals surface area contributed by atoms with Crippen molar-refractivity contribution in [3.63, 3.8) is 0 Å². The molecule has 0 unspecified atom stereocenters. The van der Waals surface area contributed by atoms with Crippen molar-refractivity contribution in [2.24, 2.45) is 5.73 Å². The van der Waals surface area contributed by atoms with Gasteiger partial charge in [0, 0.05) is 20.2 Å². The number of carbonyl (C=O) groups excluding carboxylic acids is 1. The molecule has 1 atom stereocenters. The first kappa shape index (κ1) is 11.4. The molecule has 0 aliphatic heterocycles. The lowest BCUT2D eigenvalue weighted by Gasteiger charge is -2.18. The van der Waals surface area contributed by atoms with Crippen LogP contribution in [0.4, 0.5) is 0 Å². The molecular weight excluding hydrogens is 156 g/mol. The van der Waals surface area contributed by atoms with Gasteiger partial charge in [0.25, 0.3) is 0 Å². The predicted octanol–water partition coefficient (Wildman–Crippen LogP) is -0.171. The van der Waals surface area contributed by atoms with Crippen LogP contribution in [-0.4, -0.2) is 43.7 Å². The number of rotatable bonds is 5. The lowest BCUT2D eigenvalue weighted by Crippen LogP contribution is -2.41. The van der Waals surface area contributed by atoms with Crippen LogP contribution in [0.5, 0.6) is 0 Å². The third kappa shape index (κ3) is 4.31. The lowest BCUT2D eigenvalue weighted by molar-refractivity contribution is -0.131. The molecule has 2 N–H and O–H groups in total. The van der Waals surface area contributed by atoms with Crippen molar-refractivity contribution in [2.75, 3.05) is 26.8 Å². The van der Waals surface area contributed by atoms with Gasteiger partial charge < -0.3 is 15.4 Å². The average molecular weight is 174 g/mol. The van der Waals surface area contributed by atoms with Crippen LogP contribution >= 0.6 is 0 Å². The van der Waals surface area contributed by atoms with Crippen molar-refractivity contribution in [2.45, 2.75) is 19.9 Å². The molecule has 0 aromatic rings. The highest BCUT2D eigenvalue weighted by Gasteiger charge is 2.11. The third-order valence-corrected chi connectivity index (χ3v) is 1.54. The molecule has 4 nitrogen and oxygen atoms in total. The van der Waals surface area contributed by atoms with Gasteiger partial charge in [-0.05, 0) is 13.8 Å². The number of likely N-dealkylation sites (N-methyl/N-ethyl adjacent to an activating group) is 1. The summed E-state index contributed by atoms with van der Waals surface area (Å²) in [6, 6.07) is -0.420. The molecular formula is C8H18N2O2. The molecule has 12 heavy (non-hydrogen) atoms. The Morgan fingerprint density at radius 3 is 2.67 bits per heavy atom. The maximum atomic E-state index is 11.2. The SMILES string of the molecule is CCOCCN(C)C(=O)[C@@H](C)N. The van der Waals surface area contributed by atoms with Crippen LogP contribution in [0.15, 0.2) is 0 Å². The van der Waals surface area contributed by atoms with Crippen molar-refractivity contribution in [1.29, 1.82) is 0 Å². The van der Waals surface area contributed by atoms with Crippen LogP contribution in [0.2, 0.25) is 0 Å². The van der Waals surface area contributed by atoms with E-state index in [1.165, 1.54) is 0 Å². The molecule has 0 bridgehead atoms. The Labute approximate surface area is 73.7 Å². The second kappa shape index (κ2) is 5.97. The summed E-state index contributed by atoms with van der Waals surface area (Å²) in [6.45, 7) is 5.47. The van der Waals surface area contributed by atoms with Gasteiger partial charge in [-0.1, -0.05) is 0 Å². The maximum absolute atomic E-state index is 11.2. The lowest BCUT2D eigenvalue weighted by atomic mass is 10.3. The summed E-state index contributed by atoms with van der Waals surface area (Å²) in [7, 11) is 1.73. The minimum absolute atomic E-state index is 0.0466. The van der Waals surface area contributed by atoms with Crippen molar-refractivity contribution >= 4 is 5.91 Å². The van der Waals surface area contributed by atoms with Crippen LogP contribution in [0.25, 0.3) is 0 Å². The number of amides is 1. The standard InChI is InChI=1S/C8H18N2O2/c1-4-12-6-5-10(3)8(11)7(2)9/h7H,4-6,9H2,1-3H3/t7-/m1/s1. The van der Waals surface area contributed by atoms with Crippen LogP contribution in [-0.2, 0) is 9.53 Å². The predicted molar refractivity (Wildman–Crippen MR) is 47.8 cm³/mol. The highest BCUT2D eigenvalue weighted by Crippen LogP contribution is 1.88. The molecule has 0 aliphatic rings. The van der Waals surface area contributed by atoms with Crippen LogP contribution < -0.4 is 5.73 Å². The van der Waals surface area contributed by atoms with Gasteiger partial charge >= 0.3 is 0 Å². The minimum atomic E-state index is -0.420. The van der Waals surface area contributed by atoms with E-state index in [1.54, 1.807) is 18.9 Å². The number of carbonyl (C=O) groups is 1. The van der Waals surface area contributed by atoms with E-state index in [1.807, 2.05) is 6.92 Å². The van der Waals surface area contributed by atoms with E-state index in [0.29, 0.717) is 19.8 Å². The van der Waals surface area contributed by atoms with E-state index < -0.39 is 6.04 Å². The zero-order valence-electron chi connectivity index (χ0n) is 8.04. The molecule has 0 heterocycles. The molecule has 0 aliphatic carbocycles. The zero-order valence-corrected chi connectivity index (χ0v) is 8.04. The van der Waals surface area contributed by atoms with Gasteiger partial charge in [0.2, 0.25) is 5.91 Å². The van der Waals surface area contributed by atoms with Gasteiger partial charge in [-0.15, -0.1) is 0 Å². The number of hydrogen-bond donors (Lipinski definition) is 1. The largest absolute Gasteiger partial charge is 0.380 e. The Morgan fingerprint density at radius 1 is 1.67 bits per heavy atom. The van der Waals surface area contributed by atoms with E-state index in [9.17, 15) is 4.79 Å². The van der Waals surface area contributed by atoms with Gasteiger partial charge in [-0.25, -0.2) is 0 Å². The minimum Gasteiger partial charge on any atom is -0.380 e. The summed E-state index contributed by atoms with van der Waals surface area (Å²) in [6.07, 6.45) is 0. The van der Waals surface area contributed by atoms with Gasteiger partial charge in [-0.3, -0.25) is 4.79 Å². The van der Waals surface area contributed by atoms with Crippen LogP contribution in [0.3, 0.4) is 0 Å². The number of nitrogens with two attached hydrogens (primary N) is 1. The summed E-state index contributed by atoms with van der Waals surface area (Å²) >= 11 is 0. The van der Waals surface area contributed by atoms with Crippen LogP contribution in [0.1, 0.15) is 13.8 Å². The van der Waals surface area contributed by atoms with Crippen molar-refractivity contribution in [3.8, 4) is 0 Å². The monoisotopic (exact) mass is 174 g/mol.